The number of aromatic nitrogens is 2. The van der Waals surface area contributed by atoms with E-state index in [4.69, 9.17) is 5.73 Å². The quantitative estimate of drug-likeness (QED) is 0.860. The van der Waals surface area contributed by atoms with Gasteiger partial charge in [0.2, 0.25) is 5.91 Å². The summed E-state index contributed by atoms with van der Waals surface area (Å²) in [7, 11) is 1.83. The first-order valence-electron chi connectivity index (χ1n) is 6.91. The number of hydrogen-bond donors (Lipinski definition) is 2. The van der Waals surface area contributed by atoms with Gasteiger partial charge in [0.25, 0.3) is 0 Å². The van der Waals surface area contributed by atoms with Crippen LogP contribution in [0.2, 0.25) is 0 Å². The number of rotatable bonds is 4. The van der Waals surface area contributed by atoms with E-state index >= 15 is 0 Å². The Hall–Kier alpha value is -1.85. The normalized spacial score (nSPS) is 15.0. The van der Waals surface area contributed by atoms with Crippen molar-refractivity contribution in [2.75, 3.05) is 24.2 Å². The summed E-state index contributed by atoms with van der Waals surface area (Å²) in [6.45, 7) is 6.37. The predicted molar refractivity (Wildman–Crippen MR) is 79.6 cm³/mol. The third-order valence-corrected chi connectivity index (χ3v) is 3.12. The van der Waals surface area contributed by atoms with Crippen LogP contribution in [0.1, 0.15) is 39.4 Å². The third kappa shape index (κ3) is 3.82. The molecule has 6 heteroatoms. The highest BCUT2D eigenvalue weighted by atomic mass is 16.2. The van der Waals surface area contributed by atoms with E-state index in [2.05, 4.69) is 15.3 Å². The molecule has 0 radical (unpaired) electrons. The summed E-state index contributed by atoms with van der Waals surface area (Å²) >= 11 is 0. The van der Waals surface area contributed by atoms with E-state index in [1.165, 1.54) is 0 Å². The molecule has 1 heterocycles. The molecule has 20 heavy (non-hydrogen) atoms. The fourth-order valence-corrected chi connectivity index (χ4v) is 1.78. The molecule has 0 atom stereocenters. The number of nitrogen functional groups attached to an aromatic ring is 1. The number of nitrogens with one attached hydrogen (secondary N) is 1. The zero-order chi connectivity index (χ0) is 14.9. The van der Waals surface area contributed by atoms with Crippen molar-refractivity contribution < 1.29 is 4.79 Å². The van der Waals surface area contributed by atoms with Crippen LogP contribution in [0.25, 0.3) is 0 Å². The highest BCUT2D eigenvalue weighted by Gasteiger charge is 2.24. The van der Waals surface area contributed by atoms with Gasteiger partial charge in [-0.25, -0.2) is 9.97 Å². The van der Waals surface area contributed by atoms with Gasteiger partial charge in [0.05, 0.1) is 6.54 Å². The van der Waals surface area contributed by atoms with Crippen molar-refractivity contribution in [3.8, 4) is 0 Å². The van der Waals surface area contributed by atoms with Gasteiger partial charge in [-0.05, 0) is 12.8 Å². The summed E-state index contributed by atoms with van der Waals surface area (Å²) in [4.78, 5) is 22.4. The Morgan fingerprint density at radius 1 is 1.45 bits per heavy atom. The highest BCUT2D eigenvalue weighted by Crippen LogP contribution is 2.22. The van der Waals surface area contributed by atoms with Crippen molar-refractivity contribution in [1.29, 1.82) is 0 Å². The predicted octanol–water partition coefficient (Wildman–Crippen LogP) is 1.07. The Morgan fingerprint density at radius 2 is 2.10 bits per heavy atom. The maximum absolute atomic E-state index is 11.8. The number of carbonyl (C=O) groups is 1. The van der Waals surface area contributed by atoms with Crippen molar-refractivity contribution in [1.82, 2.24) is 15.3 Å². The lowest BCUT2D eigenvalue weighted by Crippen LogP contribution is -2.37. The van der Waals surface area contributed by atoms with E-state index in [9.17, 15) is 4.79 Å². The number of amides is 1. The molecule has 3 N–H and O–H groups in total. The maximum atomic E-state index is 11.8. The first-order chi connectivity index (χ1) is 9.25. The van der Waals surface area contributed by atoms with Crippen molar-refractivity contribution in [2.24, 2.45) is 0 Å². The van der Waals surface area contributed by atoms with Gasteiger partial charge >= 0.3 is 0 Å². The van der Waals surface area contributed by atoms with Crippen molar-refractivity contribution in [3.63, 3.8) is 0 Å². The molecule has 0 spiro atoms. The second-order valence-corrected chi connectivity index (χ2v) is 6.42. The third-order valence-electron chi connectivity index (χ3n) is 3.12. The lowest BCUT2D eigenvalue weighted by atomic mass is 9.96. The first kappa shape index (κ1) is 14.6. The van der Waals surface area contributed by atoms with Crippen LogP contribution in [0.4, 0.5) is 11.6 Å². The molecular weight excluding hydrogens is 254 g/mol. The van der Waals surface area contributed by atoms with Gasteiger partial charge in [0.1, 0.15) is 17.5 Å². The Kier molecular flexibility index (Phi) is 3.83. The molecule has 110 valence electrons. The summed E-state index contributed by atoms with van der Waals surface area (Å²) in [5.74, 6) is 1.80. The molecule has 0 bridgehead atoms. The fourth-order valence-electron chi connectivity index (χ4n) is 1.78. The van der Waals surface area contributed by atoms with Gasteiger partial charge in [-0.2, -0.15) is 0 Å². The van der Waals surface area contributed by atoms with Gasteiger partial charge in [-0.3, -0.25) is 4.79 Å². The lowest BCUT2D eigenvalue weighted by Gasteiger charge is -2.22. The van der Waals surface area contributed by atoms with Crippen LogP contribution in [-0.2, 0) is 10.2 Å². The second kappa shape index (κ2) is 5.26. The van der Waals surface area contributed by atoms with Gasteiger partial charge in [0, 0.05) is 24.6 Å². The Morgan fingerprint density at radius 3 is 2.65 bits per heavy atom. The minimum Gasteiger partial charge on any atom is -0.384 e. The lowest BCUT2D eigenvalue weighted by molar-refractivity contribution is -0.119. The number of nitrogens with two attached hydrogens (primary N) is 1. The number of carbonyl (C=O) groups excluding carboxylic acids is 1. The minimum absolute atomic E-state index is 0.0180. The molecule has 6 nitrogen and oxygen atoms in total. The Labute approximate surface area is 119 Å². The van der Waals surface area contributed by atoms with E-state index in [1.54, 1.807) is 11.0 Å². The average molecular weight is 277 g/mol. The van der Waals surface area contributed by atoms with Crippen molar-refractivity contribution in [2.45, 2.75) is 45.1 Å². The van der Waals surface area contributed by atoms with Crippen LogP contribution < -0.4 is 16.0 Å². The van der Waals surface area contributed by atoms with Gasteiger partial charge in [-0.15, -0.1) is 0 Å². The SMILES string of the molecule is CN(CC(=O)NC1CC1)c1cc(N)nc(C(C)(C)C)n1. The molecule has 1 fully saturated rings. The number of anilines is 2. The van der Waals surface area contributed by atoms with Crippen LogP contribution in [0.5, 0.6) is 0 Å². The van der Waals surface area contributed by atoms with Crippen LogP contribution >= 0.6 is 0 Å². The Bertz CT molecular complexity index is 505. The zero-order valence-corrected chi connectivity index (χ0v) is 12.6. The summed E-state index contributed by atoms with van der Waals surface area (Å²) in [6, 6.07) is 2.07. The first-order valence-corrected chi connectivity index (χ1v) is 6.91. The summed E-state index contributed by atoms with van der Waals surface area (Å²) in [5.41, 5.74) is 5.66. The number of likely N-dealkylation sites (N-methyl/N-ethyl adjacent to an activating group) is 1. The molecule has 1 aromatic heterocycles. The molecule has 1 saturated carbocycles. The van der Waals surface area contributed by atoms with Crippen LogP contribution in [0.3, 0.4) is 0 Å². The maximum Gasteiger partial charge on any atom is 0.239 e. The number of hydrogen-bond acceptors (Lipinski definition) is 5. The molecule has 1 amide bonds. The largest absolute Gasteiger partial charge is 0.384 e. The van der Waals surface area contributed by atoms with Crippen LogP contribution in [0.15, 0.2) is 6.07 Å². The van der Waals surface area contributed by atoms with Crippen LogP contribution in [0, 0.1) is 0 Å². The van der Waals surface area contributed by atoms with E-state index in [-0.39, 0.29) is 17.9 Å². The average Bonchev–Trinajstić information content (AvgIpc) is 3.10. The molecular formula is C14H23N5O. The summed E-state index contributed by atoms with van der Waals surface area (Å²) in [6.07, 6.45) is 2.17. The van der Waals surface area contributed by atoms with Gasteiger partial charge in [0.15, 0.2) is 0 Å². The fraction of sp³-hybridized carbons (Fsp3) is 0.643. The zero-order valence-electron chi connectivity index (χ0n) is 12.6. The number of nitrogens with zero attached hydrogens (tertiary/aromatic N) is 3. The molecule has 2 rings (SSSR count). The molecule has 1 aromatic rings. The molecule has 0 aliphatic heterocycles. The van der Waals surface area contributed by atoms with Crippen molar-refractivity contribution >= 4 is 17.5 Å². The second-order valence-electron chi connectivity index (χ2n) is 6.42. The molecule has 0 saturated heterocycles. The Balaban J connectivity index is 2.10. The smallest absolute Gasteiger partial charge is 0.239 e. The van der Waals surface area contributed by atoms with Crippen molar-refractivity contribution in [3.05, 3.63) is 11.9 Å². The molecule has 0 aromatic carbocycles. The van der Waals surface area contributed by atoms with Gasteiger partial charge in [-0.1, -0.05) is 20.8 Å². The van der Waals surface area contributed by atoms with E-state index < -0.39 is 0 Å². The highest BCUT2D eigenvalue weighted by molar-refractivity contribution is 5.81. The van der Waals surface area contributed by atoms with Crippen LogP contribution in [-0.4, -0.2) is 35.5 Å². The molecule has 0 unspecified atom stereocenters. The standard InChI is InChI=1S/C14H23N5O/c1-14(2,3)13-17-10(15)7-11(18-13)19(4)8-12(20)16-9-5-6-9/h7,9H,5-6,8H2,1-4H3,(H,16,20)(H2,15,17,18). The molecule has 1 aliphatic carbocycles. The van der Waals surface area contributed by atoms with Gasteiger partial charge < -0.3 is 16.0 Å². The summed E-state index contributed by atoms with van der Waals surface area (Å²) in [5, 5.41) is 2.96. The van der Waals surface area contributed by atoms with E-state index in [0.717, 1.165) is 12.8 Å². The minimum atomic E-state index is -0.179. The monoisotopic (exact) mass is 277 g/mol. The van der Waals surface area contributed by atoms with E-state index in [1.807, 2.05) is 27.8 Å². The van der Waals surface area contributed by atoms with E-state index in [0.29, 0.717) is 23.5 Å². The summed E-state index contributed by atoms with van der Waals surface area (Å²) < 4.78 is 0. The topological polar surface area (TPSA) is 84.1 Å². The molecule has 1 aliphatic rings.